The maximum absolute atomic E-state index is 12.4. The van der Waals surface area contributed by atoms with E-state index in [1.54, 1.807) is 6.08 Å². The van der Waals surface area contributed by atoms with E-state index < -0.39 is 0 Å². The van der Waals surface area contributed by atoms with Crippen molar-refractivity contribution in [1.82, 2.24) is 4.90 Å². The molecule has 1 aliphatic heterocycles. The van der Waals surface area contributed by atoms with E-state index in [0.29, 0.717) is 12.8 Å². The van der Waals surface area contributed by atoms with E-state index in [-0.39, 0.29) is 28.7 Å². The van der Waals surface area contributed by atoms with E-state index in [9.17, 15) is 9.59 Å². The van der Waals surface area contributed by atoms with E-state index in [1.165, 1.54) is 4.90 Å². The highest BCUT2D eigenvalue weighted by molar-refractivity contribution is 6.01. The summed E-state index contributed by atoms with van der Waals surface area (Å²) in [5.74, 6) is 0.00390. The zero-order valence-electron chi connectivity index (χ0n) is 11.0. The lowest BCUT2D eigenvalue weighted by Gasteiger charge is -2.29. The van der Waals surface area contributed by atoms with Gasteiger partial charge in [0.1, 0.15) is 0 Å². The maximum Gasteiger partial charge on any atom is 0.236 e. The van der Waals surface area contributed by atoms with Gasteiger partial charge in [-0.25, -0.2) is 0 Å². The first-order valence-corrected chi connectivity index (χ1v) is 6.33. The van der Waals surface area contributed by atoms with Gasteiger partial charge in [-0.2, -0.15) is 0 Å². The van der Waals surface area contributed by atoms with E-state index in [0.717, 1.165) is 12.8 Å². The van der Waals surface area contributed by atoms with Crippen LogP contribution in [0, 0.1) is 10.8 Å². The average Bonchev–Trinajstić information content (AvgIpc) is 2.58. The van der Waals surface area contributed by atoms with Crippen molar-refractivity contribution in [3.05, 3.63) is 12.7 Å². The number of hydrogen-bond donors (Lipinski definition) is 0. The minimum Gasteiger partial charge on any atom is -0.278 e. The lowest BCUT2D eigenvalue weighted by Crippen LogP contribution is -2.44. The molecule has 0 aromatic carbocycles. The third kappa shape index (κ3) is 1.41. The molecule has 94 valence electrons. The van der Waals surface area contributed by atoms with Crippen molar-refractivity contribution in [2.24, 2.45) is 10.8 Å². The van der Waals surface area contributed by atoms with Crippen molar-refractivity contribution in [3.8, 4) is 0 Å². The van der Waals surface area contributed by atoms with Crippen LogP contribution in [0.3, 0.4) is 0 Å². The highest BCUT2D eigenvalue weighted by Gasteiger charge is 2.66. The normalized spacial score (nSPS) is 34.2. The molecule has 0 radical (unpaired) electrons. The molecule has 0 spiro atoms. The van der Waals surface area contributed by atoms with Gasteiger partial charge in [0, 0.05) is 12.5 Å². The summed E-state index contributed by atoms with van der Waals surface area (Å²) >= 11 is 0. The van der Waals surface area contributed by atoms with Crippen molar-refractivity contribution in [2.75, 3.05) is 0 Å². The van der Waals surface area contributed by atoms with Crippen LogP contribution in [0.4, 0.5) is 0 Å². The zero-order chi connectivity index (χ0) is 12.8. The molecule has 3 heteroatoms. The second-order valence-corrected chi connectivity index (χ2v) is 6.00. The Morgan fingerprint density at radius 2 is 2.18 bits per heavy atom. The number of carbonyl (C=O) groups is 2. The Bertz CT molecular complexity index is 386. The average molecular weight is 235 g/mol. The van der Waals surface area contributed by atoms with E-state index in [4.69, 9.17) is 0 Å². The molecule has 3 nitrogen and oxygen atoms in total. The van der Waals surface area contributed by atoms with Gasteiger partial charge in [-0.1, -0.05) is 26.8 Å². The standard InChI is InChI=1S/C14H21NO2/c1-5-6-7-11(16)15-10-8-9-14(4,12(15)17)13(10,2)3/h5,10H,1,6-9H2,2-4H3/t10-,14-/m1/s1. The lowest BCUT2D eigenvalue weighted by atomic mass is 9.70. The van der Waals surface area contributed by atoms with Crippen LogP contribution in [0.1, 0.15) is 46.5 Å². The summed E-state index contributed by atoms with van der Waals surface area (Å²) in [5.41, 5.74) is -0.435. The number of likely N-dealkylation sites (tertiary alicyclic amines) is 1. The Kier molecular flexibility index (Phi) is 2.68. The quantitative estimate of drug-likeness (QED) is 0.705. The van der Waals surface area contributed by atoms with Crippen LogP contribution in [0.25, 0.3) is 0 Å². The van der Waals surface area contributed by atoms with Crippen molar-refractivity contribution >= 4 is 11.8 Å². The van der Waals surface area contributed by atoms with Crippen molar-refractivity contribution in [3.63, 3.8) is 0 Å². The van der Waals surface area contributed by atoms with Gasteiger partial charge < -0.3 is 0 Å². The van der Waals surface area contributed by atoms with Crippen molar-refractivity contribution in [1.29, 1.82) is 0 Å². The molecule has 1 heterocycles. The second kappa shape index (κ2) is 3.69. The molecule has 0 unspecified atom stereocenters. The Hall–Kier alpha value is -1.12. The topological polar surface area (TPSA) is 37.4 Å². The molecular weight excluding hydrogens is 214 g/mol. The summed E-state index contributed by atoms with van der Waals surface area (Å²) in [6.45, 7) is 9.85. The number of piperidine rings is 1. The van der Waals surface area contributed by atoms with Crippen LogP contribution in [0.2, 0.25) is 0 Å². The van der Waals surface area contributed by atoms with Crippen molar-refractivity contribution in [2.45, 2.75) is 52.5 Å². The predicted octanol–water partition coefficient (Wildman–Crippen LogP) is 2.52. The van der Waals surface area contributed by atoms with Gasteiger partial charge in [-0.15, -0.1) is 6.58 Å². The van der Waals surface area contributed by atoms with Gasteiger partial charge in [0.05, 0.1) is 5.41 Å². The molecule has 2 fully saturated rings. The fourth-order valence-corrected chi connectivity index (χ4v) is 3.35. The number of amides is 2. The molecular formula is C14H21NO2. The molecule has 0 aromatic rings. The number of fused-ring (bicyclic) bond motifs is 2. The first kappa shape index (κ1) is 12.3. The minimum absolute atomic E-state index is 0.0311. The van der Waals surface area contributed by atoms with E-state index in [1.807, 2.05) is 6.92 Å². The first-order valence-electron chi connectivity index (χ1n) is 6.33. The largest absolute Gasteiger partial charge is 0.278 e. The SMILES string of the molecule is C=CCCC(=O)N1C(=O)[C@@]2(C)CC[C@@H]1C2(C)C. The highest BCUT2D eigenvalue weighted by Crippen LogP contribution is 2.60. The first-order chi connectivity index (χ1) is 7.86. The molecule has 2 bridgehead atoms. The molecule has 2 rings (SSSR count). The van der Waals surface area contributed by atoms with E-state index >= 15 is 0 Å². The highest BCUT2D eigenvalue weighted by atomic mass is 16.2. The monoisotopic (exact) mass is 235 g/mol. The van der Waals surface area contributed by atoms with E-state index in [2.05, 4.69) is 20.4 Å². The molecule has 1 saturated carbocycles. The molecule has 2 amide bonds. The maximum atomic E-state index is 12.4. The van der Waals surface area contributed by atoms with Gasteiger partial charge >= 0.3 is 0 Å². The molecule has 1 aliphatic carbocycles. The Morgan fingerprint density at radius 1 is 1.53 bits per heavy atom. The Balaban J connectivity index is 2.25. The fraction of sp³-hybridized carbons (Fsp3) is 0.714. The number of nitrogens with zero attached hydrogens (tertiary/aromatic N) is 1. The fourth-order valence-electron chi connectivity index (χ4n) is 3.35. The van der Waals surface area contributed by atoms with Gasteiger partial charge in [0.15, 0.2) is 0 Å². The van der Waals surface area contributed by atoms with Crippen LogP contribution in [0.5, 0.6) is 0 Å². The van der Waals surface area contributed by atoms with Crippen LogP contribution < -0.4 is 0 Å². The molecule has 2 aliphatic rings. The number of rotatable bonds is 3. The predicted molar refractivity (Wildman–Crippen MR) is 66.2 cm³/mol. The zero-order valence-corrected chi connectivity index (χ0v) is 11.0. The molecule has 1 saturated heterocycles. The van der Waals surface area contributed by atoms with Gasteiger partial charge in [-0.3, -0.25) is 14.5 Å². The van der Waals surface area contributed by atoms with Crippen LogP contribution in [-0.4, -0.2) is 22.8 Å². The smallest absolute Gasteiger partial charge is 0.236 e. The number of carbonyl (C=O) groups excluding carboxylic acids is 2. The number of imide groups is 1. The summed E-state index contributed by atoms with van der Waals surface area (Å²) < 4.78 is 0. The van der Waals surface area contributed by atoms with Gasteiger partial charge in [0.2, 0.25) is 11.8 Å². The second-order valence-electron chi connectivity index (χ2n) is 6.00. The van der Waals surface area contributed by atoms with Gasteiger partial charge in [-0.05, 0) is 24.7 Å². The number of allylic oxidation sites excluding steroid dienone is 1. The summed E-state index contributed by atoms with van der Waals surface area (Å²) in [7, 11) is 0. The molecule has 0 N–H and O–H groups in total. The van der Waals surface area contributed by atoms with Crippen LogP contribution in [-0.2, 0) is 9.59 Å². The minimum atomic E-state index is -0.346. The summed E-state index contributed by atoms with van der Waals surface area (Å²) in [6.07, 6.45) is 4.64. The summed E-state index contributed by atoms with van der Waals surface area (Å²) in [5, 5.41) is 0. The Labute approximate surface area is 103 Å². The lowest BCUT2D eigenvalue weighted by molar-refractivity contribution is -0.149. The van der Waals surface area contributed by atoms with Gasteiger partial charge in [0.25, 0.3) is 0 Å². The Morgan fingerprint density at radius 3 is 2.65 bits per heavy atom. The third-order valence-electron chi connectivity index (χ3n) is 5.01. The summed E-state index contributed by atoms with van der Waals surface area (Å²) in [4.78, 5) is 26.0. The number of hydrogen-bond acceptors (Lipinski definition) is 2. The molecule has 0 aromatic heterocycles. The van der Waals surface area contributed by atoms with Crippen molar-refractivity contribution < 1.29 is 9.59 Å². The molecule has 2 atom stereocenters. The molecule has 17 heavy (non-hydrogen) atoms. The third-order valence-corrected chi connectivity index (χ3v) is 5.01. The van der Waals surface area contributed by atoms with Crippen LogP contribution >= 0.6 is 0 Å². The van der Waals surface area contributed by atoms with Crippen LogP contribution in [0.15, 0.2) is 12.7 Å². The summed E-state index contributed by atoms with van der Waals surface area (Å²) in [6, 6.07) is 0.0947.